The number of pyridine rings is 2. The van der Waals surface area contributed by atoms with Crippen molar-refractivity contribution < 1.29 is 4.79 Å². The summed E-state index contributed by atoms with van der Waals surface area (Å²) in [5, 5.41) is 3.29. The summed E-state index contributed by atoms with van der Waals surface area (Å²) in [7, 11) is 0. The fourth-order valence-corrected chi connectivity index (χ4v) is 1.80. The van der Waals surface area contributed by atoms with Gasteiger partial charge in [0.05, 0.1) is 10.7 Å². The predicted molar refractivity (Wildman–Crippen MR) is 74.1 cm³/mol. The number of carbonyl (C=O) groups excluding carboxylic acids is 1. The van der Waals surface area contributed by atoms with Crippen LogP contribution in [0.3, 0.4) is 0 Å². The van der Waals surface area contributed by atoms with Crippen LogP contribution < -0.4 is 5.32 Å². The lowest BCUT2D eigenvalue weighted by Gasteiger charge is -2.06. The zero-order valence-electron chi connectivity index (χ0n) is 8.82. The van der Waals surface area contributed by atoms with Crippen molar-refractivity contribution in [3.63, 3.8) is 0 Å². The van der Waals surface area contributed by atoms with Crippen LogP contribution in [0, 0.1) is 0 Å². The van der Waals surface area contributed by atoms with Crippen LogP contribution in [0.1, 0.15) is 10.5 Å². The van der Waals surface area contributed by atoms with Gasteiger partial charge in [0.1, 0.15) is 5.69 Å². The van der Waals surface area contributed by atoms with E-state index >= 15 is 0 Å². The largest absolute Gasteiger partial charge is 0.318 e. The van der Waals surface area contributed by atoms with E-state index in [0.717, 1.165) is 0 Å². The second-order valence-electron chi connectivity index (χ2n) is 3.31. The quantitative estimate of drug-likeness (QED) is 0.841. The standard InChI is InChI=1S/C11H6BrCl2N3O/c12-6-3-9(10(14)16-4-6)17-11(18)8-2-1-7(13)5-15-8/h1-5H,(H,17,18). The highest BCUT2D eigenvalue weighted by atomic mass is 79.9. The Labute approximate surface area is 121 Å². The molecule has 7 heteroatoms. The molecule has 0 atom stereocenters. The van der Waals surface area contributed by atoms with Crippen molar-refractivity contribution in [2.75, 3.05) is 5.32 Å². The fraction of sp³-hybridized carbons (Fsp3) is 0. The third-order valence-electron chi connectivity index (χ3n) is 2.01. The number of rotatable bonds is 2. The van der Waals surface area contributed by atoms with Gasteiger partial charge in [-0.3, -0.25) is 4.79 Å². The van der Waals surface area contributed by atoms with Gasteiger partial charge in [0, 0.05) is 16.9 Å². The predicted octanol–water partition coefficient (Wildman–Crippen LogP) is 3.80. The number of halogens is 3. The summed E-state index contributed by atoms with van der Waals surface area (Å²) in [6, 6.07) is 4.77. The van der Waals surface area contributed by atoms with E-state index in [1.807, 2.05) is 0 Å². The van der Waals surface area contributed by atoms with E-state index in [2.05, 4.69) is 31.2 Å². The molecule has 0 saturated heterocycles. The number of anilines is 1. The maximum absolute atomic E-state index is 11.9. The second-order valence-corrected chi connectivity index (χ2v) is 5.02. The molecule has 1 N–H and O–H groups in total. The molecule has 0 aliphatic carbocycles. The lowest BCUT2D eigenvalue weighted by Crippen LogP contribution is -2.14. The molecule has 0 unspecified atom stereocenters. The molecule has 0 radical (unpaired) electrons. The molecule has 0 aromatic carbocycles. The molecule has 2 rings (SSSR count). The number of hydrogen-bond acceptors (Lipinski definition) is 3. The minimum absolute atomic E-state index is 0.209. The van der Waals surface area contributed by atoms with Gasteiger partial charge in [0.2, 0.25) is 0 Å². The summed E-state index contributed by atoms with van der Waals surface area (Å²) in [5.41, 5.74) is 0.656. The van der Waals surface area contributed by atoms with Crippen molar-refractivity contribution in [3.8, 4) is 0 Å². The average molecular weight is 347 g/mol. The molecule has 2 aromatic rings. The SMILES string of the molecule is O=C(Nc1cc(Br)cnc1Cl)c1ccc(Cl)cn1. The summed E-state index contributed by atoms with van der Waals surface area (Å²) in [6.07, 6.45) is 2.94. The van der Waals surface area contributed by atoms with Crippen LogP contribution in [0.15, 0.2) is 35.1 Å². The average Bonchev–Trinajstić information content (AvgIpc) is 2.34. The van der Waals surface area contributed by atoms with Gasteiger partial charge >= 0.3 is 0 Å². The molecule has 1 amide bonds. The zero-order valence-corrected chi connectivity index (χ0v) is 11.9. The first-order valence-corrected chi connectivity index (χ1v) is 6.35. The number of amides is 1. The number of nitrogens with zero attached hydrogens (tertiary/aromatic N) is 2. The summed E-state index contributed by atoms with van der Waals surface area (Å²) >= 11 is 14.8. The molecule has 92 valence electrons. The van der Waals surface area contributed by atoms with E-state index in [9.17, 15) is 4.79 Å². The van der Waals surface area contributed by atoms with Crippen LogP contribution in [-0.2, 0) is 0 Å². The highest BCUT2D eigenvalue weighted by molar-refractivity contribution is 9.10. The van der Waals surface area contributed by atoms with Crippen LogP contribution in [-0.4, -0.2) is 15.9 Å². The van der Waals surface area contributed by atoms with Crippen LogP contribution in [0.25, 0.3) is 0 Å². The second kappa shape index (κ2) is 5.65. The summed E-state index contributed by atoms with van der Waals surface area (Å²) in [6.45, 7) is 0. The maximum atomic E-state index is 11.9. The zero-order chi connectivity index (χ0) is 13.1. The molecule has 0 spiro atoms. The third kappa shape index (κ3) is 3.19. The summed E-state index contributed by atoms with van der Waals surface area (Å²) in [4.78, 5) is 19.7. The Balaban J connectivity index is 2.21. The Bertz CT molecular complexity index is 589. The molecular formula is C11H6BrCl2N3O. The minimum atomic E-state index is -0.381. The van der Waals surface area contributed by atoms with Gasteiger partial charge in [-0.25, -0.2) is 9.97 Å². The van der Waals surface area contributed by atoms with E-state index in [1.54, 1.807) is 18.3 Å². The first-order chi connectivity index (χ1) is 8.56. The van der Waals surface area contributed by atoms with E-state index < -0.39 is 0 Å². The third-order valence-corrected chi connectivity index (χ3v) is 2.97. The molecule has 0 aliphatic rings. The highest BCUT2D eigenvalue weighted by Crippen LogP contribution is 2.23. The summed E-state index contributed by atoms with van der Waals surface area (Å²) in [5.74, 6) is -0.381. The molecule has 0 saturated carbocycles. The fourth-order valence-electron chi connectivity index (χ4n) is 1.21. The molecular weight excluding hydrogens is 341 g/mol. The Morgan fingerprint density at radius 2 is 2.00 bits per heavy atom. The van der Waals surface area contributed by atoms with Gasteiger partial charge in [0.25, 0.3) is 5.91 Å². The molecule has 18 heavy (non-hydrogen) atoms. The number of aromatic nitrogens is 2. The molecule has 0 aliphatic heterocycles. The van der Waals surface area contributed by atoms with Crippen LogP contribution in [0.5, 0.6) is 0 Å². The van der Waals surface area contributed by atoms with Gasteiger partial charge in [-0.1, -0.05) is 23.2 Å². The monoisotopic (exact) mass is 345 g/mol. The Morgan fingerprint density at radius 3 is 2.67 bits per heavy atom. The van der Waals surface area contributed by atoms with Crippen molar-refractivity contribution in [2.24, 2.45) is 0 Å². The van der Waals surface area contributed by atoms with Gasteiger partial charge < -0.3 is 5.32 Å². The van der Waals surface area contributed by atoms with Gasteiger partial charge in [0.15, 0.2) is 5.15 Å². The Kier molecular flexibility index (Phi) is 4.16. The van der Waals surface area contributed by atoms with Crippen molar-refractivity contribution in [1.82, 2.24) is 9.97 Å². The first-order valence-electron chi connectivity index (χ1n) is 4.80. The molecule has 2 aromatic heterocycles. The molecule has 2 heterocycles. The van der Waals surface area contributed by atoms with Crippen molar-refractivity contribution >= 4 is 50.7 Å². The lowest BCUT2D eigenvalue weighted by molar-refractivity contribution is 0.102. The van der Waals surface area contributed by atoms with Gasteiger partial charge in [-0.2, -0.15) is 0 Å². The molecule has 4 nitrogen and oxygen atoms in total. The van der Waals surface area contributed by atoms with Crippen LogP contribution >= 0.6 is 39.1 Å². The van der Waals surface area contributed by atoms with Gasteiger partial charge in [-0.05, 0) is 34.1 Å². The van der Waals surface area contributed by atoms with E-state index in [0.29, 0.717) is 15.2 Å². The van der Waals surface area contributed by atoms with E-state index in [-0.39, 0.29) is 16.8 Å². The van der Waals surface area contributed by atoms with E-state index in [4.69, 9.17) is 23.2 Å². The Morgan fingerprint density at radius 1 is 1.22 bits per heavy atom. The topological polar surface area (TPSA) is 54.9 Å². The van der Waals surface area contributed by atoms with Crippen molar-refractivity contribution in [1.29, 1.82) is 0 Å². The Hall–Kier alpha value is -1.17. The number of nitrogens with one attached hydrogen (secondary N) is 1. The van der Waals surface area contributed by atoms with E-state index in [1.165, 1.54) is 12.3 Å². The summed E-state index contributed by atoms with van der Waals surface area (Å²) < 4.78 is 0.714. The van der Waals surface area contributed by atoms with Crippen molar-refractivity contribution in [2.45, 2.75) is 0 Å². The van der Waals surface area contributed by atoms with Crippen LogP contribution in [0.2, 0.25) is 10.2 Å². The van der Waals surface area contributed by atoms with Gasteiger partial charge in [-0.15, -0.1) is 0 Å². The molecule has 0 bridgehead atoms. The smallest absolute Gasteiger partial charge is 0.274 e. The van der Waals surface area contributed by atoms with Crippen molar-refractivity contribution in [3.05, 3.63) is 50.9 Å². The molecule has 0 fully saturated rings. The number of carbonyl (C=O) groups is 1. The normalized spacial score (nSPS) is 10.2. The highest BCUT2D eigenvalue weighted by Gasteiger charge is 2.10. The number of hydrogen-bond donors (Lipinski definition) is 1. The van der Waals surface area contributed by atoms with Crippen LogP contribution in [0.4, 0.5) is 5.69 Å². The first kappa shape index (κ1) is 13.3. The maximum Gasteiger partial charge on any atom is 0.274 e. The lowest BCUT2D eigenvalue weighted by atomic mass is 10.3. The minimum Gasteiger partial charge on any atom is -0.318 e.